The number of aliphatic carboxylic acids is 1. The molecule has 4 heterocycles. The Morgan fingerprint density at radius 1 is 1.20 bits per heavy atom. The van der Waals surface area contributed by atoms with Crippen molar-refractivity contribution in [3.63, 3.8) is 0 Å². The molecule has 2 unspecified atom stereocenters. The van der Waals surface area contributed by atoms with Crippen LogP contribution < -0.4 is 45.3 Å². The summed E-state index contributed by atoms with van der Waals surface area (Å²) < 4.78 is 5.06. The van der Waals surface area contributed by atoms with E-state index in [-0.39, 0.29) is 60.6 Å². The van der Waals surface area contributed by atoms with Gasteiger partial charge in [0.25, 0.3) is 5.91 Å². The Bertz CT molecular complexity index is 1320. The monoisotopic (exact) mass is 578 g/mol. The maximum atomic E-state index is 13.4. The van der Waals surface area contributed by atoms with E-state index in [0.29, 0.717) is 11.3 Å². The second kappa shape index (κ2) is 12.4. The van der Waals surface area contributed by atoms with Gasteiger partial charge in [0, 0.05) is 5.75 Å². The number of aliphatic hydroxyl groups is 1. The van der Waals surface area contributed by atoms with Gasteiger partial charge in [-0.25, -0.2) is 19.5 Å². The van der Waals surface area contributed by atoms with Gasteiger partial charge in [0.2, 0.25) is 5.91 Å². The average molecular weight is 579 g/mol. The molecule has 4 aliphatic rings. The fraction of sp³-hybridized carbons (Fsp3) is 0.333. The SMILES string of the molecule is O=C([O-])C1=C(CO)CS[C@H]2C(NC(=O)C(NC(=O)N3CCN(N=C4C=COC4)C3=O)c3ccccc3)C(=O)N12.[Na+]. The summed E-state index contributed by atoms with van der Waals surface area (Å²) in [5, 5.41) is 30.8. The summed E-state index contributed by atoms with van der Waals surface area (Å²) >= 11 is 1.19. The zero-order valence-corrected chi connectivity index (χ0v) is 24.1. The molecule has 0 aromatic heterocycles. The zero-order valence-electron chi connectivity index (χ0n) is 21.3. The fourth-order valence-electron chi connectivity index (χ4n) is 4.51. The summed E-state index contributed by atoms with van der Waals surface area (Å²) in [6, 6.07) is 4.44. The first-order valence-electron chi connectivity index (χ1n) is 11.9. The molecule has 6 amide bonds. The molecule has 0 bridgehead atoms. The van der Waals surface area contributed by atoms with E-state index in [9.17, 15) is 34.2 Å². The standard InChI is InChI=1S/C24H24N6O8S.Na/c31-10-14-12-39-21-17(20(33)30(21)18(14)22(34)35)25-19(32)16(13-4-2-1-3-5-13)26-23(36)28-7-8-29(24(28)37)27-15-6-9-38-11-15;/h1-6,9,16-17,21,31H,7-8,10-12H2,(H,25,32)(H,26,36)(H,34,35);/q;+1/p-1/t16?,17?,21-;/m0./s1. The zero-order chi connectivity index (χ0) is 27.7. The van der Waals surface area contributed by atoms with Crippen molar-refractivity contribution in [1.29, 1.82) is 0 Å². The first-order valence-corrected chi connectivity index (χ1v) is 12.9. The molecule has 14 nitrogen and oxygen atoms in total. The van der Waals surface area contributed by atoms with Gasteiger partial charge in [-0.1, -0.05) is 30.3 Å². The number of aliphatic hydroxyl groups excluding tert-OH is 1. The molecular weight excluding hydrogens is 555 g/mol. The smallest absolute Gasteiger partial charge is 0.543 e. The van der Waals surface area contributed by atoms with Crippen molar-refractivity contribution < 1.29 is 68.5 Å². The number of imide groups is 1. The van der Waals surface area contributed by atoms with Crippen LogP contribution in [0.3, 0.4) is 0 Å². The van der Waals surface area contributed by atoms with Crippen molar-refractivity contribution in [3.8, 4) is 0 Å². The number of nitrogens with zero attached hydrogens (tertiary/aromatic N) is 4. The number of amides is 6. The normalized spacial score (nSPS) is 23.3. The predicted octanol–water partition coefficient (Wildman–Crippen LogP) is -4.52. The molecule has 0 spiro atoms. The Morgan fingerprint density at radius 3 is 2.60 bits per heavy atom. The number of fused-ring (bicyclic) bond motifs is 1. The number of carbonyl (C=O) groups excluding carboxylic acids is 5. The number of ether oxygens (including phenoxy) is 1. The average Bonchev–Trinajstić information content (AvgIpc) is 3.59. The van der Waals surface area contributed by atoms with Gasteiger partial charge in [-0.05, 0) is 17.2 Å². The molecule has 4 aliphatic heterocycles. The molecule has 1 aromatic carbocycles. The molecule has 0 aliphatic carbocycles. The van der Waals surface area contributed by atoms with Crippen LogP contribution in [-0.2, 0) is 19.1 Å². The third-order valence-electron chi connectivity index (χ3n) is 6.46. The number of carboxylic acid groups (broad SMARTS) is 1. The van der Waals surface area contributed by atoms with Gasteiger partial charge < -0.3 is 30.4 Å². The Balaban J connectivity index is 0.00000370. The largest absolute Gasteiger partial charge is 1.00 e. The summed E-state index contributed by atoms with van der Waals surface area (Å²) in [7, 11) is 0. The second-order valence-electron chi connectivity index (χ2n) is 8.85. The first-order chi connectivity index (χ1) is 18.8. The van der Waals surface area contributed by atoms with E-state index in [1.165, 1.54) is 18.0 Å². The van der Waals surface area contributed by atoms with E-state index in [2.05, 4.69) is 15.7 Å². The maximum Gasteiger partial charge on any atom is 1.00 e. The number of nitrogens with one attached hydrogen (secondary N) is 2. The molecule has 3 N–H and O–H groups in total. The maximum absolute atomic E-state index is 13.4. The number of hydrogen-bond donors (Lipinski definition) is 3. The first kappa shape index (κ1) is 29.6. The second-order valence-corrected chi connectivity index (χ2v) is 9.95. The molecule has 2 fully saturated rings. The van der Waals surface area contributed by atoms with Crippen LogP contribution >= 0.6 is 11.8 Å². The molecule has 2 saturated heterocycles. The number of β-lactam (4-membered cyclic amide) rings is 1. The van der Waals surface area contributed by atoms with Gasteiger partial charge in [-0.15, -0.1) is 11.8 Å². The molecule has 0 saturated carbocycles. The summed E-state index contributed by atoms with van der Waals surface area (Å²) in [5.41, 5.74) is 0.674. The third kappa shape index (κ3) is 5.60. The number of hydrogen-bond acceptors (Lipinski definition) is 10. The Labute approximate surface area is 254 Å². The molecule has 1 aromatic rings. The van der Waals surface area contributed by atoms with Crippen LogP contribution in [0.1, 0.15) is 11.6 Å². The van der Waals surface area contributed by atoms with Gasteiger partial charge in [0.1, 0.15) is 29.8 Å². The minimum absolute atomic E-state index is 0. The summed E-state index contributed by atoms with van der Waals surface area (Å²) in [6.45, 7) is -0.142. The van der Waals surface area contributed by atoms with Crippen molar-refractivity contribution in [3.05, 3.63) is 59.5 Å². The van der Waals surface area contributed by atoms with E-state index in [0.717, 1.165) is 14.8 Å². The van der Waals surface area contributed by atoms with Gasteiger partial charge in [-0.2, -0.15) is 5.10 Å². The van der Waals surface area contributed by atoms with Crippen LogP contribution in [0, 0.1) is 0 Å². The number of hydrazone groups is 1. The van der Waals surface area contributed by atoms with Crippen LogP contribution in [0.15, 0.2) is 59.0 Å². The number of carbonyl (C=O) groups is 5. The van der Waals surface area contributed by atoms with E-state index in [4.69, 9.17) is 4.74 Å². The van der Waals surface area contributed by atoms with Crippen molar-refractivity contribution in [2.75, 3.05) is 32.1 Å². The number of benzene rings is 1. The minimum atomic E-state index is -1.59. The number of carboxylic acids is 1. The van der Waals surface area contributed by atoms with Crippen LogP contribution in [-0.4, -0.2) is 98.9 Å². The van der Waals surface area contributed by atoms with Crippen molar-refractivity contribution in [2.24, 2.45) is 5.10 Å². The van der Waals surface area contributed by atoms with Gasteiger partial charge in [0.05, 0.1) is 37.6 Å². The van der Waals surface area contributed by atoms with Gasteiger partial charge >= 0.3 is 41.6 Å². The molecule has 16 heteroatoms. The van der Waals surface area contributed by atoms with E-state index in [1.807, 2.05) is 0 Å². The predicted molar refractivity (Wildman–Crippen MR) is 133 cm³/mol. The Kier molecular flexibility index (Phi) is 9.20. The minimum Gasteiger partial charge on any atom is -0.543 e. The molecule has 3 atom stereocenters. The molecule has 204 valence electrons. The van der Waals surface area contributed by atoms with E-state index >= 15 is 0 Å². The van der Waals surface area contributed by atoms with Crippen molar-refractivity contribution in [1.82, 2.24) is 25.4 Å². The molecular formula is C24H23N6NaO8S. The molecule has 5 rings (SSSR count). The topological polar surface area (TPSA) is 184 Å². The van der Waals surface area contributed by atoms with Crippen molar-refractivity contribution in [2.45, 2.75) is 17.5 Å². The number of urea groups is 2. The third-order valence-corrected chi connectivity index (χ3v) is 7.80. The summed E-state index contributed by atoms with van der Waals surface area (Å²) in [4.78, 5) is 65.6. The van der Waals surface area contributed by atoms with Crippen LogP contribution in [0.25, 0.3) is 0 Å². The molecule has 0 radical (unpaired) electrons. The van der Waals surface area contributed by atoms with E-state index in [1.54, 1.807) is 36.4 Å². The molecule has 40 heavy (non-hydrogen) atoms. The van der Waals surface area contributed by atoms with Crippen LogP contribution in [0.2, 0.25) is 0 Å². The van der Waals surface area contributed by atoms with Crippen LogP contribution in [0.4, 0.5) is 9.59 Å². The summed E-state index contributed by atoms with van der Waals surface area (Å²) in [6.07, 6.45) is 3.06. The van der Waals surface area contributed by atoms with Crippen molar-refractivity contribution >= 4 is 47.3 Å². The number of thioether (sulfide) groups is 1. The van der Waals surface area contributed by atoms with Gasteiger partial charge in [-0.3, -0.25) is 14.5 Å². The Hall–Kier alpha value is -3.37. The summed E-state index contributed by atoms with van der Waals surface area (Å²) in [5.74, 6) is -2.86. The van der Waals surface area contributed by atoms with E-state index < -0.39 is 59.6 Å². The van der Waals surface area contributed by atoms with Gasteiger partial charge in [0.15, 0.2) is 0 Å². The van der Waals surface area contributed by atoms with Crippen LogP contribution in [0.5, 0.6) is 0 Å². The quantitative estimate of drug-likeness (QED) is 0.212. The Morgan fingerprint density at radius 2 is 1.95 bits per heavy atom. The number of rotatable bonds is 7. The fourth-order valence-corrected chi connectivity index (χ4v) is 5.84.